The Bertz CT molecular complexity index is 861. The number of hydrogen-bond acceptors (Lipinski definition) is 8. The lowest BCUT2D eigenvalue weighted by Crippen LogP contribution is -2.65. The second-order valence-corrected chi connectivity index (χ2v) is 9.89. The number of carbonyl (C=O) groups is 2. The Balaban J connectivity index is 1.94. The van der Waals surface area contributed by atoms with E-state index in [9.17, 15) is 9.59 Å². The van der Waals surface area contributed by atoms with Gasteiger partial charge in [-0.2, -0.15) is 0 Å². The molecule has 2 atom stereocenters. The Hall–Kier alpha value is -2.56. The number of hydrogen-bond donors (Lipinski definition) is 2. The zero-order chi connectivity index (χ0) is 20.4. The fraction of sp³-hybridized carbons (Fsp3) is 0.300. The highest BCUT2D eigenvalue weighted by Gasteiger charge is 2.48. The Morgan fingerprint density at radius 3 is 1.59 bits per heavy atom. The lowest BCUT2D eigenvalue weighted by Gasteiger charge is -2.32. The average Bonchev–Trinajstić information content (AvgIpc) is 2.80. The molecule has 0 radical (unpaired) electrons. The summed E-state index contributed by atoms with van der Waals surface area (Å²) >= 11 is 0. The van der Waals surface area contributed by atoms with Crippen molar-refractivity contribution >= 4 is 30.9 Å². The van der Waals surface area contributed by atoms with E-state index in [1.807, 2.05) is 48.5 Å². The fourth-order valence-electron chi connectivity index (χ4n) is 3.73. The van der Waals surface area contributed by atoms with Crippen LogP contribution in [0.4, 0.5) is 0 Å². The second kappa shape index (κ2) is 8.05. The number of cyclic esters (lactones) is 2. The van der Waals surface area contributed by atoms with Crippen molar-refractivity contribution < 1.29 is 27.9 Å². The van der Waals surface area contributed by atoms with Gasteiger partial charge in [-0.25, -0.2) is 0 Å². The van der Waals surface area contributed by atoms with Crippen LogP contribution in [-0.2, 0) is 40.8 Å². The van der Waals surface area contributed by atoms with Gasteiger partial charge in [0.05, 0.1) is 0 Å². The van der Waals surface area contributed by atoms with Gasteiger partial charge in [-0.15, -0.1) is 0 Å². The molecule has 2 aromatic rings. The molecule has 2 heterocycles. The second-order valence-electron chi connectivity index (χ2n) is 7.00. The van der Waals surface area contributed by atoms with E-state index < -0.39 is 32.6 Å². The summed E-state index contributed by atoms with van der Waals surface area (Å²) in [6, 6.07) is 13.4. The molecule has 2 aliphatic heterocycles. The normalized spacial score (nSPS) is 27.7. The maximum Gasteiger partial charge on any atom is 0.412 e. The summed E-state index contributed by atoms with van der Waals surface area (Å²) in [5, 5.41) is 1.60. The summed E-state index contributed by atoms with van der Waals surface area (Å²) in [5.74, 6) is -1.09. The third-order valence-electron chi connectivity index (χ3n) is 5.16. The van der Waals surface area contributed by atoms with Crippen LogP contribution in [0.2, 0.25) is 0 Å². The number of carbonyl (C=O) groups excluding carboxylic acids is 2. The van der Waals surface area contributed by atoms with Crippen molar-refractivity contribution in [1.82, 2.24) is 0 Å². The number of benzene rings is 2. The molecular formula is C20H22N2O6Si. The highest BCUT2D eigenvalue weighted by molar-refractivity contribution is 6.93. The molecule has 2 unspecified atom stereocenters. The van der Waals surface area contributed by atoms with Crippen LogP contribution in [0.5, 0.6) is 0 Å². The molecule has 2 aromatic carbocycles. The molecule has 0 saturated heterocycles. The molecule has 29 heavy (non-hydrogen) atoms. The van der Waals surface area contributed by atoms with Crippen molar-refractivity contribution in [3.05, 3.63) is 59.7 Å². The van der Waals surface area contributed by atoms with E-state index in [4.69, 9.17) is 29.8 Å². The van der Waals surface area contributed by atoms with Gasteiger partial charge >= 0.3 is 20.5 Å². The molecule has 0 saturated carbocycles. The van der Waals surface area contributed by atoms with Crippen LogP contribution in [-0.4, -0.2) is 46.2 Å². The van der Waals surface area contributed by atoms with E-state index in [1.54, 1.807) is 0 Å². The van der Waals surface area contributed by atoms with Crippen LogP contribution in [0.1, 0.15) is 11.1 Å². The lowest BCUT2D eigenvalue weighted by molar-refractivity contribution is -0.155. The van der Waals surface area contributed by atoms with Gasteiger partial charge < -0.3 is 29.8 Å². The van der Waals surface area contributed by atoms with Crippen LogP contribution >= 0.6 is 0 Å². The Kier molecular flexibility index (Phi) is 5.48. The predicted molar refractivity (Wildman–Crippen MR) is 105 cm³/mol. The van der Waals surface area contributed by atoms with E-state index in [0.717, 1.165) is 21.5 Å². The molecule has 0 fully saturated rings. The summed E-state index contributed by atoms with van der Waals surface area (Å²) in [7, 11) is -3.42. The van der Waals surface area contributed by atoms with Gasteiger partial charge in [-0.1, -0.05) is 48.5 Å². The third-order valence-corrected chi connectivity index (χ3v) is 8.60. The first-order valence-electron chi connectivity index (χ1n) is 9.30. The van der Waals surface area contributed by atoms with Crippen LogP contribution < -0.4 is 21.8 Å². The molecular weight excluding hydrogens is 392 g/mol. The SMILES string of the molecule is NC1Cc2ccccc2[Si]2(OCOC1=O)OCOC(=O)C(N)Cc1ccccc12. The molecule has 1 spiro atoms. The maximum atomic E-state index is 12.2. The Labute approximate surface area is 168 Å². The van der Waals surface area contributed by atoms with E-state index >= 15 is 0 Å². The molecule has 8 nitrogen and oxygen atoms in total. The molecule has 0 aromatic heterocycles. The predicted octanol–water partition coefficient (Wildman–Crippen LogP) is -0.956. The summed E-state index contributed by atoms with van der Waals surface area (Å²) in [5.41, 5.74) is 13.7. The number of ether oxygens (including phenoxy) is 2. The smallest absolute Gasteiger partial charge is 0.412 e. The Morgan fingerprint density at radius 1 is 0.724 bits per heavy atom. The van der Waals surface area contributed by atoms with Gasteiger partial charge in [0.15, 0.2) is 13.6 Å². The molecule has 9 heteroatoms. The minimum atomic E-state index is -3.42. The fourth-order valence-corrected chi connectivity index (χ4v) is 7.03. The number of fused-ring (bicyclic) bond motifs is 4. The van der Waals surface area contributed by atoms with Gasteiger partial charge in [0.1, 0.15) is 12.1 Å². The summed E-state index contributed by atoms with van der Waals surface area (Å²) in [6.07, 6.45) is 0.551. The zero-order valence-corrected chi connectivity index (χ0v) is 16.7. The first-order valence-corrected chi connectivity index (χ1v) is 11.1. The van der Waals surface area contributed by atoms with E-state index in [2.05, 4.69) is 0 Å². The molecule has 0 aliphatic carbocycles. The number of esters is 2. The van der Waals surface area contributed by atoms with Gasteiger partial charge in [-0.3, -0.25) is 9.59 Å². The number of rotatable bonds is 0. The van der Waals surface area contributed by atoms with Crippen LogP contribution in [0, 0.1) is 0 Å². The molecule has 4 rings (SSSR count). The first kappa shape index (κ1) is 19.7. The van der Waals surface area contributed by atoms with Crippen molar-refractivity contribution in [3.63, 3.8) is 0 Å². The van der Waals surface area contributed by atoms with Crippen molar-refractivity contribution in [1.29, 1.82) is 0 Å². The van der Waals surface area contributed by atoms with Crippen molar-refractivity contribution in [2.75, 3.05) is 13.6 Å². The van der Waals surface area contributed by atoms with Gasteiger partial charge in [0, 0.05) is 10.4 Å². The summed E-state index contributed by atoms with van der Waals surface area (Å²) < 4.78 is 22.9. The molecule has 2 aliphatic rings. The maximum absolute atomic E-state index is 12.2. The summed E-state index contributed by atoms with van der Waals surface area (Å²) in [6.45, 7) is -0.636. The third kappa shape index (κ3) is 3.70. The minimum absolute atomic E-state index is 0.276. The van der Waals surface area contributed by atoms with Gasteiger partial charge in [0.25, 0.3) is 0 Å². The van der Waals surface area contributed by atoms with Crippen LogP contribution in [0.3, 0.4) is 0 Å². The first-order chi connectivity index (χ1) is 14.0. The van der Waals surface area contributed by atoms with Gasteiger partial charge in [0.2, 0.25) is 0 Å². The quantitative estimate of drug-likeness (QED) is 0.418. The van der Waals surface area contributed by atoms with Crippen LogP contribution in [0.25, 0.3) is 0 Å². The monoisotopic (exact) mass is 414 g/mol. The van der Waals surface area contributed by atoms with Crippen molar-refractivity contribution in [2.24, 2.45) is 11.5 Å². The molecule has 4 N–H and O–H groups in total. The zero-order valence-electron chi connectivity index (χ0n) is 15.7. The van der Waals surface area contributed by atoms with Crippen LogP contribution in [0.15, 0.2) is 48.5 Å². The number of nitrogens with two attached hydrogens (primary N) is 2. The largest absolute Gasteiger partial charge is 0.438 e. The summed E-state index contributed by atoms with van der Waals surface area (Å²) in [4.78, 5) is 24.3. The van der Waals surface area contributed by atoms with E-state index in [0.29, 0.717) is 0 Å². The molecule has 152 valence electrons. The topological polar surface area (TPSA) is 123 Å². The Morgan fingerprint density at radius 2 is 1.14 bits per heavy atom. The lowest BCUT2D eigenvalue weighted by atomic mass is 10.1. The van der Waals surface area contributed by atoms with Crippen molar-refractivity contribution in [3.8, 4) is 0 Å². The van der Waals surface area contributed by atoms with Crippen molar-refractivity contribution in [2.45, 2.75) is 24.9 Å². The average molecular weight is 414 g/mol. The minimum Gasteiger partial charge on any atom is -0.438 e. The highest BCUT2D eigenvalue weighted by atomic mass is 28.4. The standard InChI is InChI=1S/C20H22N2O6Si/c21-15-9-13-5-1-3-7-17(13)29(27-11-25-19(15)23)18-8-4-2-6-14(18)10-16(22)20(24)26-12-28-29/h1-8,15-16H,9-12,21-22H2. The molecule has 0 amide bonds. The highest BCUT2D eigenvalue weighted by Crippen LogP contribution is 2.20. The van der Waals surface area contributed by atoms with E-state index in [-0.39, 0.29) is 26.4 Å². The van der Waals surface area contributed by atoms with Gasteiger partial charge in [-0.05, 0) is 24.0 Å². The van der Waals surface area contributed by atoms with E-state index in [1.165, 1.54) is 0 Å². The molecule has 0 bridgehead atoms.